The third-order valence-corrected chi connectivity index (χ3v) is 4.36. The van der Waals surface area contributed by atoms with Crippen molar-refractivity contribution in [2.45, 2.75) is 19.4 Å². The van der Waals surface area contributed by atoms with Crippen LogP contribution < -0.4 is 11.3 Å². The maximum Gasteiger partial charge on any atom is 0.0515 e. The first kappa shape index (κ1) is 15.8. The van der Waals surface area contributed by atoms with Crippen LogP contribution in [-0.4, -0.2) is 0 Å². The predicted octanol–water partition coefficient (Wildman–Crippen LogP) is 4.81. The Balaban J connectivity index is 2.31. The van der Waals surface area contributed by atoms with Crippen molar-refractivity contribution in [1.29, 1.82) is 0 Å². The average molecular weight is 374 g/mol. The first-order valence-corrected chi connectivity index (χ1v) is 7.72. The summed E-state index contributed by atoms with van der Waals surface area (Å²) in [6.45, 7) is 2.01. The Labute approximate surface area is 137 Å². The van der Waals surface area contributed by atoms with Gasteiger partial charge >= 0.3 is 0 Å². The summed E-state index contributed by atoms with van der Waals surface area (Å²) in [4.78, 5) is 0. The predicted molar refractivity (Wildman–Crippen MR) is 89.1 cm³/mol. The molecule has 1 atom stereocenters. The van der Waals surface area contributed by atoms with Gasteiger partial charge in [0.15, 0.2) is 0 Å². The molecule has 2 nitrogen and oxygen atoms in total. The van der Waals surface area contributed by atoms with Crippen LogP contribution in [0.25, 0.3) is 0 Å². The zero-order chi connectivity index (χ0) is 14.7. The van der Waals surface area contributed by atoms with Crippen molar-refractivity contribution in [1.82, 2.24) is 5.43 Å². The molecule has 0 saturated heterocycles. The number of rotatable bonds is 4. The van der Waals surface area contributed by atoms with Crippen LogP contribution in [0.1, 0.15) is 22.7 Å². The molecule has 0 aliphatic carbocycles. The van der Waals surface area contributed by atoms with E-state index in [4.69, 9.17) is 29.0 Å². The van der Waals surface area contributed by atoms with Crippen molar-refractivity contribution in [3.8, 4) is 0 Å². The van der Waals surface area contributed by atoms with Crippen LogP contribution in [0.2, 0.25) is 10.0 Å². The lowest BCUT2D eigenvalue weighted by Gasteiger charge is -2.19. The standard InChI is InChI=1S/C15H15BrCl2N2/c1-9-2-3-10(14(18)6-9)7-15(20-19)12-8-11(16)4-5-13(12)17/h2-6,8,15,20H,7,19H2,1H3. The lowest BCUT2D eigenvalue weighted by molar-refractivity contribution is 0.552. The molecule has 2 rings (SSSR count). The van der Waals surface area contributed by atoms with Crippen molar-refractivity contribution in [3.63, 3.8) is 0 Å². The van der Waals surface area contributed by atoms with E-state index in [1.54, 1.807) is 0 Å². The van der Waals surface area contributed by atoms with E-state index >= 15 is 0 Å². The van der Waals surface area contributed by atoms with Gasteiger partial charge in [0.05, 0.1) is 6.04 Å². The van der Waals surface area contributed by atoms with Gasteiger partial charge in [-0.1, -0.05) is 51.3 Å². The fourth-order valence-corrected chi connectivity index (χ4v) is 3.02. The number of nitrogens with two attached hydrogens (primary N) is 1. The summed E-state index contributed by atoms with van der Waals surface area (Å²) in [6, 6.07) is 11.6. The van der Waals surface area contributed by atoms with Crippen LogP contribution in [0.5, 0.6) is 0 Å². The van der Waals surface area contributed by atoms with Crippen molar-refractivity contribution < 1.29 is 0 Å². The average Bonchev–Trinajstić information content (AvgIpc) is 2.41. The highest BCUT2D eigenvalue weighted by atomic mass is 79.9. The lowest BCUT2D eigenvalue weighted by Crippen LogP contribution is -2.30. The van der Waals surface area contributed by atoms with E-state index in [9.17, 15) is 0 Å². The molecule has 0 radical (unpaired) electrons. The second kappa shape index (κ2) is 6.92. The quantitative estimate of drug-likeness (QED) is 0.596. The molecule has 2 aromatic rings. The van der Waals surface area contributed by atoms with Gasteiger partial charge in [-0.15, -0.1) is 0 Å². The number of benzene rings is 2. The van der Waals surface area contributed by atoms with Crippen molar-refractivity contribution >= 4 is 39.1 Å². The SMILES string of the molecule is Cc1ccc(CC(NN)c2cc(Br)ccc2Cl)c(Cl)c1. The molecule has 5 heteroatoms. The highest BCUT2D eigenvalue weighted by Gasteiger charge is 2.16. The van der Waals surface area contributed by atoms with Crippen molar-refractivity contribution in [2.75, 3.05) is 0 Å². The van der Waals surface area contributed by atoms with E-state index < -0.39 is 0 Å². The highest BCUT2D eigenvalue weighted by molar-refractivity contribution is 9.10. The molecule has 3 N–H and O–H groups in total. The molecular formula is C15H15BrCl2N2. The Morgan fingerprint density at radius 3 is 2.55 bits per heavy atom. The van der Waals surface area contributed by atoms with E-state index in [-0.39, 0.29) is 6.04 Å². The minimum atomic E-state index is -0.0970. The summed E-state index contributed by atoms with van der Waals surface area (Å²) in [7, 11) is 0. The number of nitrogens with one attached hydrogen (secondary N) is 1. The van der Waals surface area contributed by atoms with Gasteiger partial charge in [0.25, 0.3) is 0 Å². The Hall–Kier alpha value is -0.580. The Bertz CT molecular complexity index is 617. The summed E-state index contributed by atoms with van der Waals surface area (Å²) in [6.07, 6.45) is 0.672. The van der Waals surface area contributed by atoms with Crippen LogP contribution in [-0.2, 0) is 6.42 Å². The number of hydrazine groups is 1. The van der Waals surface area contributed by atoms with E-state index in [2.05, 4.69) is 21.4 Å². The smallest absolute Gasteiger partial charge is 0.0515 e. The van der Waals surface area contributed by atoms with Gasteiger partial charge in [0.2, 0.25) is 0 Å². The molecule has 2 aromatic carbocycles. The molecule has 0 fully saturated rings. The molecule has 106 valence electrons. The normalized spacial score (nSPS) is 12.4. The third kappa shape index (κ3) is 3.74. The van der Waals surface area contributed by atoms with Gasteiger partial charge in [0.1, 0.15) is 0 Å². The second-order valence-corrected chi connectivity index (χ2v) is 6.41. The Morgan fingerprint density at radius 1 is 1.15 bits per heavy atom. The topological polar surface area (TPSA) is 38.0 Å². The largest absolute Gasteiger partial charge is 0.271 e. The fraction of sp³-hybridized carbons (Fsp3) is 0.200. The summed E-state index contributed by atoms with van der Waals surface area (Å²) in [5.41, 5.74) is 5.93. The van der Waals surface area contributed by atoms with Crippen molar-refractivity contribution in [2.24, 2.45) is 5.84 Å². The molecular weight excluding hydrogens is 359 g/mol. The molecule has 0 aliphatic rings. The van der Waals surface area contributed by atoms with Gasteiger partial charge in [-0.25, -0.2) is 0 Å². The van der Waals surface area contributed by atoms with E-state index in [1.165, 1.54) is 0 Å². The van der Waals surface area contributed by atoms with Crippen LogP contribution >= 0.6 is 39.1 Å². The number of hydrogen-bond donors (Lipinski definition) is 2. The maximum absolute atomic E-state index is 6.28. The summed E-state index contributed by atoms with van der Waals surface area (Å²) < 4.78 is 0.965. The Kier molecular flexibility index (Phi) is 5.47. The fourth-order valence-electron chi connectivity index (χ4n) is 2.08. The molecule has 0 spiro atoms. The summed E-state index contributed by atoms with van der Waals surface area (Å²) >= 11 is 16.0. The monoisotopic (exact) mass is 372 g/mol. The first-order chi connectivity index (χ1) is 9.51. The molecule has 0 bridgehead atoms. The molecule has 0 aliphatic heterocycles. The highest BCUT2D eigenvalue weighted by Crippen LogP contribution is 2.30. The molecule has 0 saturated carbocycles. The van der Waals surface area contributed by atoms with Gasteiger partial charge in [-0.05, 0) is 54.3 Å². The van der Waals surface area contributed by atoms with Crippen LogP contribution in [0.15, 0.2) is 40.9 Å². The van der Waals surface area contributed by atoms with E-state index in [1.807, 2.05) is 43.3 Å². The van der Waals surface area contributed by atoms with Gasteiger partial charge in [0, 0.05) is 14.5 Å². The van der Waals surface area contributed by atoms with Crippen molar-refractivity contribution in [3.05, 3.63) is 67.6 Å². The molecule has 1 unspecified atom stereocenters. The van der Waals surface area contributed by atoms with Gasteiger partial charge in [-0.3, -0.25) is 11.3 Å². The number of hydrogen-bond acceptors (Lipinski definition) is 2. The number of halogens is 3. The minimum Gasteiger partial charge on any atom is -0.271 e. The lowest BCUT2D eigenvalue weighted by atomic mass is 9.98. The zero-order valence-corrected chi connectivity index (χ0v) is 14.1. The number of aryl methyl sites for hydroxylation is 1. The van der Waals surface area contributed by atoms with E-state index in [0.29, 0.717) is 11.4 Å². The Morgan fingerprint density at radius 2 is 1.90 bits per heavy atom. The van der Waals surface area contributed by atoms with Gasteiger partial charge in [-0.2, -0.15) is 0 Å². The zero-order valence-electron chi connectivity index (χ0n) is 11.0. The first-order valence-electron chi connectivity index (χ1n) is 6.17. The molecule has 20 heavy (non-hydrogen) atoms. The maximum atomic E-state index is 6.28. The van der Waals surface area contributed by atoms with Crippen LogP contribution in [0.4, 0.5) is 0 Å². The summed E-state index contributed by atoms with van der Waals surface area (Å²) in [5, 5.41) is 1.43. The molecule has 0 amide bonds. The summed E-state index contributed by atoms with van der Waals surface area (Å²) in [5.74, 6) is 5.68. The third-order valence-electron chi connectivity index (χ3n) is 3.17. The van der Waals surface area contributed by atoms with Crippen LogP contribution in [0.3, 0.4) is 0 Å². The van der Waals surface area contributed by atoms with Crippen LogP contribution in [0, 0.1) is 6.92 Å². The molecule has 0 heterocycles. The second-order valence-electron chi connectivity index (χ2n) is 4.68. The minimum absolute atomic E-state index is 0.0970. The van der Waals surface area contributed by atoms with Gasteiger partial charge < -0.3 is 0 Å². The molecule has 0 aromatic heterocycles. The van der Waals surface area contributed by atoms with E-state index in [0.717, 1.165) is 26.2 Å².